The molecule has 1 aliphatic heterocycles. The molecular formula is C26H25N3O4. The number of anilines is 2. The lowest BCUT2D eigenvalue weighted by atomic mass is 10.1. The van der Waals surface area contributed by atoms with Crippen LogP contribution in [0.5, 0.6) is 5.75 Å². The molecular weight excluding hydrogens is 418 g/mol. The quantitative estimate of drug-likeness (QED) is 0.550. The first-order valence-corrected chi connectivity index (χ1v) is 10.7. The van der Waals surface area contributed by atoms with Crippen LogP contribution in [0.4, 0.5) is 16.2 Å². The van der Waals surface area contributed by atoms with E-state index in [0.717, 1.165) is 16.0 Å². The normalized spacial score (nSPS) is 15.6. The van der Waals surface area contributed by atoms with Crippen molar-refractivity contribution >= 4 is 29.2 Å². The third-order valence-corrected chi connectivity index (χ3v) is 5.50. The van der Waals surface area contributed by atoms with Crippen LogP contribution < -0.4 is 15.0 Å². The zero-order valence-electron chi connectivity index (χ0n) is 18.5. The highest BCUT2D eigenvalue weighted by Gasteiger charge is 2.46. The molecule has 3 aromatic carbocycles. The molecule has 0 bridgehead atoms. The van der Waals surface area contributed by atoms with Crippen molar-refractivity contribution in [3.8, 4) is 5.75 Å². The Morgan fingerprint density at radius 1 is 0.970 bits per heavy atom. The van der Waals surface area contributed by atoms with Gasteiger partial charge < -0.3 is 15.0 Å². The largest absolute Gasteiger partial charge is 0.497 e. The van der Waals surface area contributed by atoms with Crippen LogP contribution in [0.1, 0.15) is 17.5 Å². The molecule has 33 heavy (non-hydrogen) atoms. The molecule has 1 saturated heterocycles. The van der Waals surface area contributed by atoms with Crippen molar-refractivity contribution in [1.82, 2.24) is 4.90 Å². The molecule has 3 aromatic rings. The fraction of sp³-hybridized carbons (Fsp3) is 0.192. The van der Waals surface area contributed by atoms with Gasteiger partial charge >= 0.3 is 6.03 Å². The van der Waals surface area contributed by atoms with E-state index in [2.05, 4.69) is 5.32 Å². The highest BCUT2D eigenvalue weighted by molar-refractivity contribution is 6.22. The molecule has 0 aliphatic carbocycles. The first-order valence-electron chi connectivity index (χ1n) is 10.7. The first kappa shape index (κ1) is 22.1. The molecule has 0 radical (unpaired) electrons. The van der Waals surface area contributed by atoms with Crippen molar-refractivity contribution in [2.24, 2.45) is 0 Å². The summed E-state index contributed by atoms with van der Waals surface area (Å²) in [7, 11) is 1.57. The van der Waals surface area contributed by atoms with Gasteiger partial charge in [-0.3, -0.25) is 9.59 Å². The van der Waals surface area contributed by atoms with Crippen LogP contribution in [-0.2, 0) is 16.1 Å². The molecule has 0 spiro atoms. The number of hydrogen-bond acceptors (Lipinski definition) is 4. The van der Waals surface area contributed by atoms with E-state index in [0.29, 0.717) is 17.1 Å². The SMILES string of the molecule is COc1cccc(CN2C(=O)N(c3cccc(C)c3)C(=O)[C@H]2CC(=O)Nc2ccccc2)c1. The molecule has 4 rings (SSSR count). The van der Waals surface area contributed by atoms with Gasteiger partial charge in [0.1, 0.15) is 11.8 Å². The molecule has 1 N–H and O–H groups in total. The van der Waals surface area contributed by atoms with Crippen molar-refractivity contribution in [2.75, 3.05) is 17.3 Å². The lowest BCUT2D eigenvalue weighted by Gasteiger charge is -2.22. The summed E-state index contributed by atoms with van der Waals surface area (Å²) in [5, 5.41) is 2.80. The van der Waals surface area contributed by atoms with Gasteiger partial charge in [0.05, 0.1) is 19.2 Å². The van der Waals surface area contributed by atoms with E-state index >= 15 is 0 Å². The summed E-state index contributed by atoms with van der Waals surface area (Å²) in [6.45, 7) is 2.07. The zero-order chi connectivity index (χ0) is 23.4. The Morgan fingerprint density at radius 3 is 2.45 bits per heavy atom. The number of nitrogens with zero attached hydrogens (tertiary/aromatic N) is 2. The maximum Gasteiger partial charge on any atom is 0.332 e. The third-order valence-electron chi connectivity index (χ3n) is 5.50. The van der Waals surface area contributed by atoms with Crippen molar-refractivity contribution in [3.05, 3.63) is 90.0 Å². The van der Waals surface area contributed by atoms with Crippen LogP contribution in [0.3, 0.4) is 0 Å². The van der Waals surface area contributed by atoms with Gasteiger partial charge in [-0.25, -0.2) is 9.69 Å². The predicted octanol–water partition coefficient (Wildman–Crippen LogP) is 4.37. The van der Waals surface area contributed by atoms with E-state index in [1.807, 2.05) is 55.5 Å². The van der Waals surface area contributed by atoms with Crippen LogP contribution in [0.15, 0.2) is 78.9 Å². The molecule has 7 nitrogen and oxygen atoms in total. The van der Waals surface area contributed by atoms with Crippen molar-refractivity contribution in [3.63, 3.8) is 0 Å². The second-order valence-electron chi connectivity index (χ2n) is 7.91. The minimum Gasteiger partial charge on any atom is -0.497 e. The van der Waals surface area contributed by atoms with Gasteiger partial charge in [0.25, 0.3) is 5.91 Å². The van der Waals surface area contributed by atoms with Crippen LogP contribution in [0.25, 0.3) is 0 Å². The van der Waals surface area contributed by atoms with E-state index in [1.54, 1.807) is 37.4 Å². The van der Waals surface area contributed by atoms with Crippen molar-refractivity contribution in [1.29, 1.82) is 0 Å². The Labute approximate surface area is 192 Å². The van der Waals surface area contributed by atoms with E-state index in [9.17, 15) is 14.4 Å². The van der Waals surface area contributed by atoms with Gasteiger partial charge in [-0.15, -0.1) is 0 Å². The van der Waals surface area contributed by atoms with E-state index in [-0.39, 0.29) is 18.9 Å². The molecule has 0 aromatic heterocycles. The van der Waals surface area contributed by atoms with Gasteiger partial charge in [0.15, 0.2) is 0 Å². The topological polar surface area (TPSA) is 79.0 Å². The molecule has 7 heteroatoms. The Morgan fingerprint density at radius 2 is 1.73 bits per heavy atom. The fourth-order valence-electron chi connectivity index (χ4n) is 3.90. The standard InChI is InChI=1S/C26H25N3O4/c1-18-8-6-12-21(14-18)29-25(31)23(16-24(30)27-20-10-4-3-5-11-20)28(26(29)32)17-19-9-7-13-22(15-19)33-2/h3-15,23H,16-17H2,1-2H3,(H,27,30)/t23-/m1/s1. The van der Waals surface area contributed by atoms with E-state index in [4.69, 9.17) is 4.74 Å². The van der Waals surface area contributed by atoms with E-state index < -0.39 is 18.0 Å². The molecule has 168 valence electrons. The number of hydrogen-bond donors (Lipinski definition) is 1. The number of carbonyl (C=O) groups is 3. The van der Waals surface area contributed by atoms with Gasteiger partial charge in [0.2, 0.25) is 5.91 Å². The number of urea groups is 1. The van der Waals surface area contributed by atoms with E-state index in [1.165, 1.54) is 4.90 Å². The third kappa shape index (κ3) is 4.87. The van der Waals surface area contributed by atoms with Crippen LogP contribution in [0.2, 0.25) is 0 Å². The van der Waals surface area contributed by atoms with Gasteiger partial charge in [-0.05, 0) is 54.4 Å². The summed E-state index contributed by atoms with van der Waals surface area (Å²) >= 11 is 0. The van der Waals surface area contributed by atoms with Gasteiger partial charge in [-0.1, -0.05) is 42.5 Å². The van der Waals surface area contributed by atoms with Crippen LogP contribution in [0, 0.1) is 6.92 Å². The Bertz CT molecular complexity index is 1180. The average molecular weight is 444 g/mol. The Balaban J connectivity index is 1.62. The highest BCUT2D eigenvalue weighted by atomic mass is 16.5. The molecule has 0 unspecified atom stereocenters. The molecule has 4 amide bonds. The second-order valence-corrected chi connectivity index (χ2v) is 7.91. The number of methoxy groups -OCH3 is 1. The summed E-state index contributed by atoms with van der Waals surface area (Å²) in [6.07, 6.45) is -0.147. The van der Waals surface area contributed by atoms with Gasteiger partial charge in [0, 0.05) is 12.2 Å². The summed E-state index contributed by atoms with van der Waals surface area (Å²) in [5.74, 6) is -0.106. The number of carbonyl (C=O) groups excluding carboxylic acids is 3. The highest BCUT2D eigenvalue weighted by Crippen LogP contribution is 2.29. The summed E-state index contributed by atoms with van der Waals surface area (Å²) in [5.41, 5.74) is 2.86. The molecule has 1 aliphatic rings. The predicted molar refractivity (Wildman–Crippen MR) is 126 cm³/mol. The molecule has 1 heterocycles. The number of benzene rings is 3. The summed E-state index contributed by atoms with van der Waals surface area (Å²) in [4.78, 5) is 42.2. The van der Waals surface area contributed by atoms with Gasteiger partial charge in [-0.2, -0.15) is 0 Å². The lowest BCUT2D eigenvalue weighted by Crippen LogP contribution is -2.37. The minimum atomic E-state index is -0.923. The Kier molecular flexibility index (Phi) is 6.40. The molecule has 1 fully saturated rings. The number of para-hydroxylation sites is 1. The number of nitrogens with one attached hydrogen (secondary N) is 1. The minimum absolute atomic E-state index is 0.147. The number of imide groups is 1. The second kappa shape index (κ2) is 9.56. The number of rotatable bonds is 7. The maximum absolute atomic E-state index is 13.4. The summed E-state index contributed by atoms with van der Waals surface area (Å²) in [6, 6.07) is 22.2. The number of ether oxygens (including phenoxy) is 1. The molecule has 1 atom stereocenters. The number of aryl methyl sites for hydroxylation is 1. The van der Waals surface area contributed by atoms with Crippen molar-refractivity contribution in [2.45, 2.75) is 25.9 Å². The summed E-state index contributed by atoms with van der Waals surface area (Å²) < 4.78 is 5.28. The maximum atomic E-state index is 13.4. The smallest absolute Gasteiger partial charge is 0.332 e. The number of amides is 4. The molecule has 0 saturated carbocycles. The van der Waals surface area contributed by atoms with Crippen LogP contribution >= 0.6 is 0 Å². The average Bonchev–Trinajstić information content (AvgIpc) is 3.03. The lowest BCUT2D eigenvalue weighted by molar-refractivity contribution is -0.124. The fourth-order valence-corrected chi connectivity index (χ4v) is 3.90. The Hall–Kier alpha value is -4.13. The van der Waals surface area contributed by atoms with Crippen molar-refractivity contribution < 1.29 is 19.1 Å². The zero-order valence-corrected chi connectivity index (χ0v) is 18.5. The first-order chi connectivity index (χ1) is 16.0. The van der Waals surface area contributed by atoms with Crippen LogP contribution in [-0.4, -0.2) is 35.9 Å². The monoisotopic (exact) mass is 443 g/mol.